The Kier molecular flexibility index (Phi) is 6.20. The van der Waals surface area contributed by atoms with E-state index in [0.717, 1.165) is 16.0 Å². The third kappa shape index (κ3) is 5.20. The fraction of sp³-hybridized carbons (Fsp3) is 0.455. The van der Waals surface area contributed by atoms with Gasteiger partial charge in [-0.1, -0.05) is 30.3 Å². The molecule has 0 radical (unpaired) electrons. The fourth-order valence-electron chi connectivity index (χ4n) is 3.54. The van der Waals surface area contributed by atoms with Gasteiger partial charge in [0.05, 0.1) is 12.1 Å². The zero-order chi connectivity index (χ0) is 20.3. The molecule has 0 bridgehead atoms. The molecule has 1 aromatic heterocycles. The number of carbonyl (C=O) groups is 2. The van der Waals surface area contributed by atoms with Gasteiger partial charge in [-0.05, 0) is 49.8 Å². The second-order valence-corrected chi connectivity index (χ2v) is 9.24. The maximum absolute atomic E-state index is 13.1. The summed E-state index contributed by atoms with van der Waals surface area (Å²) < 4.78 is 5.34. The molecule has 1 amide bonds. The molecule has 0 spiro atoms. The second kappa shape index (κ2) is 8.45. The van der Waals surface area contributed by atoms with Gasteiger partial charge in [-0.3, -0.25) is 4.79 Å². The van der Waals surface area contributed by atoms with Gasteiger partial charge in [0.15, 0.2) is 5.78 Å². The number of hydrogen-bond acceptors (Lipinski definition) is 5. The van der Waals surface area contributed by atoms with Crippen molar-refractivity contribution in [3.05, 3.63) is 57.8 Å². The SMILES string of the molecule is CC(C)(C)OC(=O)NC(Cc1ccccc1)C(=O)CC1c2ccsc2CC1O. The van der Waals surface area contributed by atoms with E-state index in [1.54, 1.807) is 32.1 Å². The van der Waals surface area contributed by atoms with E-state index in [9.17, 15) is 14.7 Å². The highest BCUT2D eigenvalue weighted by atomic mass is 32.1. The number of benzene rings is 1. The summed E-state index contributed by atoms with van der Waals surface area (Å²) in [5.41, 5.74) is 1.37. The highest BCUT2D eigenvalue weighted by Gasteiger charge is 2.35. The summed E-state index contributed by atoms with van der Waals surface area (Å²) in [6.45, 7) is 5.36. The number of aliphatic hydroxyl groups excluding tert-OH is 1. The molecule has 0 saturated carbocycles. The van der Waals surface area contributed by atoms with E-state index in [-0.39, 0.29) is 18.1 Å². The van der Waals surface area contributed by atoms with Crippen molar-refractivity contribution in [1.82, 2.24) is 5.32 Å². The molecule has 3 atom stereocenters. The molecular formula is C22H27NO4S. The van der Waals surface area contributed by atoms with Crippen LogP contribution in [0.15, 0.2) is 41.8 Å². The summed E-state index contributed by atoms with van der Waals surface area (Å²) in [5.74, 6) is -0.315. The van der Waals surface area contributed by atoms with Crippen molar-refractivity contribution in [1.29, 1.82) is 0 Å². The number of aliphatic hydroxyl groups is 1. The van der Waals surface area contributed by atoms with E-state index in [4.69, 9.17) is 4.74 Å². The van der Waals surface area contributed by atoms with Crippen LogP contribution in [0, 0.1) is 0 Å². The number of carbonyl (C=O) groups excluding carboxylic acids is 2. The van der Waals surface area contributed by atoms with Crippen molar-refractivity contribution in [3.8, 4) is 0 Å². The molecule has 2 N–H and O–H groups in total. The van der Waals surface area contributed by atoms with E-state index in [0.29, 0.717) is 12.8 Å². The van der Waals surface area contributed by atoms with Crippen molar-refractivity contribution >= 4 is 23.2 Å². The van der Waals surface area contributed by atoms with Crippen LogP contribution < -0.4 is 5.32 Å². The average Bonchev–Trinajstić information content (AvgIpc) is 3.16. The molecule has 1 heterocycles. The Morgan fingerprint density at radius 1 is 1.25 bits per heavy atom. The van der Waals surface area contributed by atoms with Gasteiger partial charge in [0.25, 0.3) is 0 Å². The molecule has 3 unspecified atom stereocenters. The normalized spacial score (nSPS) is 19.7. The summed E-state index contributed by atoms with van der Waals surface area (Å²) in [4.78, 5) is 26.5. The van der Waals surface area contributed by atoms with E-state index >= 15 is 0 Å². The summed E-state index contributed by atoms with van der Waals surface area (Å²) in [7, 11) is 0. The van der Waals surface area contributed by atoms with E-state index in [2.05, 4.69) is 5.32 Å². The topological polar surface area (TPSA) is 75.6 Å². The lowest BCUT2D eigenvalue weighted by Gasteiger charge is -2.24. The van der Waals surface area contributed by atoms with Crippen LogP contribution in [0.5, 0.6) is 0 Å². The molecule has 28 heavy (non-hydrogen) atoms. The van der Waals surface area contributed by atoms with Crippen LogP contribution in [-0.4, -0.2) is 34.7 Å². The Labute approximate surface area is 169 Å². The first-order valence-electron chi connectivity index (χ1n) is 9.53. The molecule has 0 saturated heterocycles. The molecule has 0 fully saturated rings. The molecule has 1 aromatic carbocycles. The number of alkyl carbamates (subject to hydrolysis) is 1. The number of rotatable bonds is 6. The molecular weight excluding hydrogens is 374 g/mol. The first kappa shape index (κ1) is 20.6. The lowest BCUT2D eigenvalue weighted by Crippen LogP contribution is -2.45. The zero-order valence-corrected chi connectivity index (χ0v) is 17.3. The van der Waals surface area contributed by atoms with Crippen molar-refractivity contribution in [2.75, 3.05) is 0 Å². The van der Waals surface area contributed by atoms with Crippen LogP contribution in [0.25, 0.3) is 0 Å². The average molecular weight is 402 g/mol. The summed E-state index contributed by atoms with van der Waals surface area (Å²) >= 11 is 1.61. The smallest absolute Gasteiger partial charge is 0.408 e. The van der Waals surface area contributed by atoms with Crippen LogP contribution in [0.2, 0.25) is 0 Å². The van der Waals surface area contributed by atoms with E-state index in [1.807, 2.05) is 41.8 Å². The number of Topliss-reactive ketones (excluding diaryl/α,β-unsaturated/α-hetero) is 1. The van der Waals surface area contributed by atoms with Crippen LogP contribution in [0.4, 0.5) is 4.79 Å². The number of ketones is 1. The van der Waals surface area contributed by atoms with Gasteiger partial charge in [0, 0.05) is 23.6 Å². The predicted molar refractivity (Wildman–Crippen MR) is 110 cm³/mol. The van der Waals surface area contributed by atoms with Crippen LogP contribution >= 0.6 is 11.3 Å². The van der Waals surface area contributed by atoms with Gasteiger partial charge >= 0.3 is 6.09 Å². The number of hydrogen-bond donors (Lipinski definition) is 2. The van der Waals surface area contributed by atoms with Crippen LogP contribution in [0.1, 0.15) is 49.1 Å². The standard InChI is InChI=1S/C22H27NO4S/c1-22(2,3)27-21(26)23-17(11-14-7-5-4-6-8-14)19(25)12-16-15-9-10-28-20(15)13-18(16)24/h4-10,16-18,24H,11-13H2,1-3H3,(H,23,26). The molecule has 1 aliphatic rings. The zero-order valence-electron chi connectivity index (χ0n) is 16.5. The first-order chi connectivity index (χ1) is 13.2. The maximum atomic E-state index is 13.1. The molecule has 0 aliphatic heterocycles. The number of ether oxygens (including phenoxy) is 1. The van der Waals surface area contributed by atoms with Gasteiger partial charge in [-0.15, -0.1) is 11.3 Å². The summed E-state index contributed by atoms with van der Waals surface area (Å²) in [6, 6.07) is 10.9. The molecule has 2 aromatic rings. The van der Waals surface area contributed by atoms with Crippen molar-refractivity contribution < 1.29 is 19.4 Å². The van der Waals surface area contributed by atoms with Gasteiger partial charge < -0.3 is 15.2 Å². The Hall–Kier alpha value is -2.18. The minimum absolute atomic E-state index is 0.0992. The van der Waals surface area contributed by atoms with Gasteiger partial charge in [-0.25, -0.2) is 4.79 Å². The van der Waals surface area contributed by atoms with Crippen LogP contribution in [0.3, 0.4) is 0 Å². The highest BCUT2D eigenvalue weighted by Crippen LogP contribution is 2.39. The minimum Gasteiger partial charge on any atom is -0.444 e. The third-order valence-corrected chi connectivity index (χ3v) is 5.78. The lowest BCUT2D eigenvalue weighted by atomic mass is 9.90. The second-order valence-electron chi connectivity index (χ2n) is 8.24. The lowest BCUT2D eigenvalue weighted by molar-refractivity contribution is -0.122. The number of fused-ring (bicyclic) bond motifs is 1. The van der Waals surface area contributed by atoms with Crippen molar-refractivity contribution in [3.63, 3.8) is 0 Å². The molecule has 6 heteroatoms. The van der Waals surface area contributed by atoms with Crippen molar-refractivity contribution in [2.45, 2.75) is 63.7 Å². The van der Waals surface area contributed by atoms with Gasteiger partial charge in [-0.2, -0.15) is 0 Å². The van der Waals surface area contributed by atoms with Crippen LogP contribution in [-0.2, 0) is 22.4 Å². The van der Waals surface area contributed by atoms with Gasteiger partial charge in [0.1, 0.15) is 5.60 Å². The Balaban J connectivity index is 1.73. The third-order valence-electron chi connectivity index (χ3n) is 4.82. The van der Waals surface area contributed by atoms with Crippen molar-refractivity contribution in [2.24, 2.45) is 0 Å². The monoisotopic (exact) mass is 401 g/mol. The number of thiophene rings is 1. The highest BCUT2D eigenvalue weighted by molar-refractivity contribution is 7.10. The van der Waals surface area contributed by atoms with E-state index < -0.39 is 23.8 Å². The predicted octanol–water partition coefficient (Wildman–Crippen LogP) is 3.84. The number of nitrogens with one attached hydrogen (secondary N) is 1. The molecule has 150 valence electrons. The quantitative estimate of drug-likeness (QED) is 0.771. The summed E-state index contributed by atoms with van der Waals surface area (Å²) in [6.07, 6.45) is 0.0137. The number of amides is 1. The molecule has 5 nitrogen and oxygen atoms in total. The minimum atomic E-state index is -0.702. The molecule has 1 aliphatic carbocycles. The summed E-state index contributed by atoms with van der Waals surface area (Å²) in [5, 5.41) is 15.1. The maximum Gasteiger partial charge on any atom is 0.408 e. The largest absolute Gasteiger partial charge is 0.444 e. The van der Waals surface area contributed by atoms with E-state index in [1.165, 1.54) is 0 Å². The molecule has 3 rings (SSSR count). The Bertz CT molecular complexity index is 825. The fourth-order valence-corrected chi connectivity index (χ4v) is 4.54. The first-order valence-corrected chi connectivity index (χ1v) is 10.4. The Morgan fingerprint density at radius 3 is 2.64 bits per heavy atom. The Morgan fingerprint density at radius 2 is 1.96 bits per heavy atom. The van der Waals surface area contributed by atoms with Gasteiger partial charge in [0.2, 0.25) is 0 Å².